The fourth-order valence-corrected chi connectivity index (χ4v) is 3.25. The summed E-state index contributed by atoms with van der Waals surface area (Å²) in [7, 11) is 1.26. The van der Waals surface area contributed by atoms with Crippen LogP contribution in [0.2, 0.25) is 0 Å². The van der Waals surface area contributed by atoms with E-state index in [4.69, 9.17) is 4.74 Å². The molecule has 0 saturated heterocycles. The average molecular weight is 394 g/mol. The van der Waals surface area contributed by atoms with Gasteiger partial charge in [-0.05, 0) is 30.2 Å². The van der Waals surface area contributed by atoms with Crippen molar-refractivity contribution in [1.82, 2.24) is 9.80 Å². The van der Waals surface area contributed by atoms with Crippen molar-refractivity contribution in [3.05, 3.63) is 70.8 Å². The smallest absolute Gasteiger partial charge is 0.325 e. The summed E-state index contributed by atoms with van der Waals surface area (Å²) in [5, 5.41) is 0. The van der Waals surface area contributed by atoms with Crippen LogP contribution < -0.4 is 0 Å². The van der Waals surface area contributed by atoms with Crippen molar-refractivity contribution in [2.45, 2.75) is 19.9 Å². The molecule has 1 aliphatic rings. The summed E-state index contributed by atoms with van der Waals surface area (Å²) in [6.07, 6.45) is -0.0751. The lowest BCUT2D eigenvalue weighted by atomic mass is 10.1. The van der Waals surface area contributed by atoms with Gasteiger partial charge in [0.15, 0.2) is 0 Å². The topological polar surface area (TPSA) is 84.0 Å². The van der Waals surface area contributed by atoms with Gasteiger partial charge < -0.3 is 9.64 Å². The van der Waals surface area contributed by atoms with Crippen LogP contribution in [0, 0.1) is 6.92 Å². The minimum atomic E-state index is -0.535. The quantitative estimate of drug-likeness (QED) is 0.531. The van der Waals surface area contributed by atoms with Crippen molar-refractivity contribution >= 4 is 23.7 Å². The molecule has 1 aliphatic heterocycles. The molecule has 2 aromatic rings. The highest BCUT2D eigenvalue weighted by Crippen LogP contribution is 2.22. The van der Waals surface area contributed by atoms with Crippen LogP contribution in [0.5, 0.6) is 0 Å². The zero-order valence-electron chi connectivity index (χ0n) is 16.4. The number of amides is 3. The SMILES string of the molecule is COC(=O)CN(Cc1ccccc1C)C(=O)CCN1C(=O)c2ccccc2C1=O. The molecule has 0 saturated carbocycles. The molecular weight excluding hydrogens is 372 g/mol. The van der Waals surface area contributed by atoms with E-state index in [1.54, 1.807) is 24.3 Å². The van der Waals surface area contributed by atoms with E-state index in [-0.39, 0.29) is 32.0 Å². The number of aryl methyl sites for hydroxylation is 1. The molecule has 0 spiro atoms. The van der Waals surface area contributed by atoms with E-state index in [1.807, 2.05) is 31.2 Å². The van der Waals surface area contributed by atoms with Crippen LogP contribution in [0.15, 0.2) is 48.5 Å². The molecule has 0 unspecified atom stereocenters. The molecule has 29 heavy (non-hydrogen) atoms. The van der Waals surface area contributed by atoms with E-state index in [0.717, 1.165) is 16.0 Å². The first-order chi connectivity index (χ1) is 13.9. The Bertz CT molecular complexity index is 934. The molecule has 0 radical (unpaired) electrons. The molecular formula is C22H22N2O5. The molecule has 0 aromatic heterocycles. The molecule has 150 valence electrons. The first-order valence-electron chi connectivity index (χ1n) is 9.26. The van der Waals surface area contributed by atoms with Gasteiger partial charge in [-0.2, -0.15) is 0 Å². The maximum atomic E-state index is 12.8. The molecule has 0 bridgehead atoms. The number of carbonyl (C=O) groups is 4. The monoisotopic (exact) mass is 394 g/mol. The van der Waals surface area contributed by atoms with E-state index in [9.17, 15) is 19.2 Å². The van der Waals surface area contributed by atoms with Crippen LogP contribution in [0.25, 0.3) is 0 Å². The van der Waals surface area contributed by atoms with Gasteiger partial charge in [0, 0.05) is 19.5 Å². The number of rotatable bonds is 7. The predicted octanol–water partition coefficient (Wildman–Crippen LogP) is 2.18. The maximum Gasteiger partial charge on any atom is 0.325 e. The highest BCUT2D eigenvalue weighted by molar-refractivity contribution is 6.21. The van der Waals surface area contributed by atoms with Crippen molar-refractivity contribution in [2.75, 3.05) is 20.2 Å². The molecule has 3 amide bonds. The van der Waals surface area contributed by atoms with Gasteiger partial charge in [0.05, 0.1) is 18.2 Å². The lowest BCUT2D eigenvalue weighted by Gasteiger charge is -2.23. The van der Waals surface area contributed by atoms with E-state index in [1.165, 1.54) is 12.0 Å². The normalized spacial score (nSPS) is 12.7. The van der Waals surface area contributed by atoms with Crippen molar-refractivity contribution in [3.63, 3.8) is 0 Å². The maximum absolute atomic E-state index is 12.8. The fourth-order valence-electron chi connectivity index (χ4n) is 3.25. The van der Waals surface area contributed by atoms with Crippen LogP contribution in [-0.2, 0) is 20.9 Å². The number of methoxy groups -OCH3 is 1. The van der Waals surface area contributed by atoms with E-state index in [2.05, 4.69) is 0 Å². The zero-order chi connectivity index (χ0) is 21.0. The highest BCUT2D eigenvalue weighted by Gasteiger charge is 2.35. The van der Waals surface area contributed by atoms with Gasteiger partial charge in [0.2, 0.25) is 5.91 Å². The number of hydrogen-bond donors (Lipinski definition) is 0. The third kappa shape index (κ3) is 4.34. The Balaban J connectivity index is 1.70. The number of nitrogens with zero attached hydrogens (tertiary/aromatic N) is 2. The van der Waals surface area contributed by atoms with Crippen LogP contribution in [0.4, 0.5) is 0 Å². The Kier molecular flexibility index (Phi) is 6.07. The summed E-state index contributed by atoms with van der Waals surface area (Å²) in [4.78, 5) is 52.0. The Labute approximate surface area is 168 Å². The first kappa shape index (κ1) is 20.3. The lowest BCUT2D eigenvalue weighted by Crippen LogP contribution is -2.39. The van der Waals surface area contributed by atoms with Crippen LogP contribution in [0.3, 0.4) is 0 Å². The number of ether oxygens (including phenoxy) is 1. The number of esters is 1. The van der Waals surface area contributed by atoms with Crippen LogP contribution in [-0.4, -0.2) is 53.7 Å². The third-order valence-electron chi connectivity index (χ3n) is 4.95. The van der Waals surface area contributed by atoms with Crippen LogP contribution >= 0.6 is 0 Å². The summed E-state index contributed by atoms with van der Waals surface area (Å²) < 4.78 is 4.70. The van der Waals surface area contributed by atoms with Gasteiger partial charge in [-0.25, -0.2) is 0 Å². The van der Waals surface area contributed by atoms with E-state index < -0.39 is 17.8 Å². The van der Waals surface area contributed by atoms with Gasteiger partial charge in [-0.1, -0.05) is 36.4 Å². The van der Waals surface area contributed by atoms with Gasteiger partial charge in [-0.15, -0.1) is 0 Å². The molecule has 2 aromatic carbocycles. The minimum Gasteiger partial charge on any atom is -0.468 e. The number of hydrogen-bond acceptors (Lipinski definition) is 5. The standard InChI is InChI=1S/C22H22N2O5/c1-15-7-3-4-8-16(15)13-23(14-20(26)29-2)19(25)11-12-24-21(27)17-9-5-6-10-18(17)22(24)28/h3-10H,11-14H2,1-2H3. The molecule has 3 rings (SSSR count). The van der Waals surface area contributed by atoms with Gasteiger partial charge in [-0.3, -0.25) is 24.1 Å². The summed E-state index contributed by atoms with van der Waals surface area (Å²) in [5.74, 6) is -1.68. The van der Waals surface area contributed by atoms with Gasteiger partial charge in [0.25, 0.3) is 11.8 Å². The largest absolute Gasteiger partial charge is 0.468 e. The Morgan fingerprint density at radius 2 is 1.55 bits per heavy atom. The second kappa shape index (κ2) is 8.68. The van der Waals surface area contributed by atoms with Crippen molar-refractivity contribution in [3.8, 4) is 0 Å². The molecule has 7 nitrogen and oxygen atoms in total. The fraction of sp³-hybridized carbons (Fsp3) is 0.273. The zero-order valence-corrected chi connectivity index (χ0v) is 16.4. The number of fused-ring (bicyclic) bond motifs is 1. The Morgan fingerprint density at radius 3 is 2.14 bits per heavy atom. The van der Waals surface area contributed by atoms with Gasteiger partial charge in [0.1, 0.15) is 6.54 Å². The second-order valence-electron chi connectivity index (χ2n) is 6.81. The Morgan fingerprint density at radius 1 is 0.966 bits per heavy atom. The molecule has 7 heteroatoms. The summed E-state index contributed by atoms with van der Waals surface area (Å²) >= 11 is 0. The van der Waals surface area contributed by atoms with E-state index >= 15 is 0 Å². The number of benzene rings is 2. The van der Waals surface area contributed by atoms with Crippen molar-refractivity contribution < 1.29 is 23.9 Å². The highest BCUT2D eigenvalue weighted by atomic mass is 16.5. The minimum absolute atomic E-state index is 0.0450. The predicted molar refractivity (Wildman–Crippen MR) is 105 cm³/mol. The number of carbonyl (C=O) groups excluding carboxylic acids is 4. The van der Waals surface area contributed by atoms with Gasteiger partial charge >= 0.3 is 5.97 Å². The molecule has 0 fully saturated rings. The first-order valence-corrected chi connectivity index (χ1v) is 9.26. The summed E-state index contributed by atoms with van der Waals surface area (Å²) in [6.45, 7) is 1.92. The molecule has 0 atom stereocenters. The van der Waals surface area contributed by atoms with Crippen molar-refractivity contribution in [1.29, 1.82) is 0 Å². The average Bonchev–Trinajstić information content (AvgIpc) is 2.97. The lowest BCUT2D eigenvalue weighted by molar-refractivity contribution is -0.147. The van der Waals surface area contributed by atoms with Crippen molar-refractivity contribution in [2.24, 2.45) is 0 Å². The summed E-state index contributed by atoms with van der Waals surface area (Å²) in [5.41, 5.74) is 2.59. The molecule has 0 aliphatic carbocycles. The van der Waals surface area contributed by atoms with E-state index in [0.29, 0.717) is 11.1 Å². The third-order valence-corrected chi connectivity index (χ3v) is 4.95. The van der Waals surface area contributed by atoms with Crippen LogP contribution in [0.1, 0.15) is 38.3 Å². The summed E-state index contributed by atoms with van der Waals surface area (Å²) in [6, 6.07) is 14.2. The molecule has 0 N–H and O–H groups in total. The second-order valence-corrected chi connectivity index (χ2v) is 6.81. The molecule has 1 heterocycles. The number of imide groups is 1. The Hall–Kier alpha value is -3.48.